The summed E-state index contributed by atoms with van der Waals surface area (Å²) >= 11 is 6.28. The largest absolute Gasteiger partial charge is 0.396 e. The molecule has 1 fully saturated rings. The van der Waals surface area contributed by atoms with Crippen LogP contribution in [0.4, 0.5) is 0 Å². The summed E-state index contributed by atoms with van der Waals surface area (Å²) in [7, 11) is 0. The van der Waals surface area contributed by atoms with Crippen molar-refractivity contribution >= 4 is 11.6 Å². The van der Waals surface area contributed by atoms with Crippen molar-refractivity contribution in [2.75, 3.05) is 13.2 Å². The average Bonchev–Trinajstić information content (AvgIpc) is 2.42. The number of hydrogen-bond donors (Lipinski definition) is 2. The molecule has 1 unspecified atom stereocenters. The summed E-state index contributed by atoms with van der Waals surface area (Å²) in [5.74, 6) is 1.46. The van der Waals surface area contributed by atoms with Gasteiger partial charge in [0.25, 0.3) is 0 Å². The Morgan fingerprint density at radius 2 is 1.89 bits per heavy atom. The Morgan fingerprint density at radius 3 is 2.44 bits per heavy atom. The first-order chi connectivity index (χ1) is 8.76. The van der Waals surface area contributed by atoms with Gasteiger partial charge in [-0.25, -0.2) is 0 Å². The Bertz CT molecular complexity index is 375. The van der Waals surface area contributed by atoms with Gasteiger partial charge in [0.1, 0.15) is 0 Å². The van der Waals surface area contributed by atoms with E-state index < -0.39 is 0 Å². The zero-order chi connectivity index (χ0) is 13.0. The molecule has 2 nitrogen and oxygen atoms in total. The summed E-state index contributed by atoms with van der Waals surface area (Å²) < 4.78 is 0. The minimum absolute atomic E-state index is 0.326. The van der Waals surface area contributed by atoms with Crippen molar-refractivity contribution in [3.8, 4) is 0 Å². The third kappa shape index (κ3) is 3.05. The Hall–Kier alpha value is -0.570. The van der Waals surface area contributed by atoms with E-state index in [2.05, 4.69) is 6.07 Å². The van der Waals surface area contributed by atoms with Gasteiger partial charge in [-0.1, -0.05) is 29.8 Å². The molecule has 2 rings (SSSR count). The molecular weight excluding hydrogens is 246 g/mol. The molecule has 1 aliphatic carbocycles. The molecule has 0 amide bonds. The molecule has 0 bridgehead atoms. The lowest BCUT2D eigenvalue weighted by Gasteiger charge is -2.33. The van der Waals surface area contributed by atoms with Crippen LogP contribution in [0.15, 0.2) is 24.3 Å². The molecule has 0 spiro atoms. The molecule has 3 N–H and O–H groups in total. The molecule has 3 heteroatoms. The quantitative estimate of drug-likeness (QED) is 0.880. The zero-order valence-electron chi connectivity index (χ0n) is 10.7. The van der Waals surface area contributed by atoms with E-state index >= 15 is 0 Å². The molecule has 0 heterocycles. The van der Waals surface area contributed by atoms with E-state index in [0.29, 0.717) is 30.9 Å². The van der Waals surface area contributed by atoms with Crippen LogP contribution in [0.5, 0.6) is 0 Å². The molecule has 0 aliphatic heterocycles. The van der Waals surface area contributed by atoms with Crippen LogP contribution in [0.1, 0.15) is 37.2 Å². The van der Waals surface area contributed by atoms with Crippen molar-refractivity contribution in [1.29, 1.82) is 0 Å². The molecule has 1 aliphatic rings. The van der Waals surface area contributed by atoms with Gasteiger partial charge in [-0.3, -0.25) is 0 Å². The number of hydrogen-bond acceptors (Lipinski definition) is 2. The number of halogens is 1. The van der Waals surface area contributed by atoms with Gasteiger partial charge in [-0.05, 0) is 55.7 Å². The topological polar surface area (TPSA) is 46.2 Å². The summed E-state index contributed by atoms with van der Waals surface area (Å²) in [5, 5.41) is 10.0. The summed E-state index contributed by atoms with van der Waals surface area (Å²) in [4.78, 5) is 0. The maximum absolute atomic E-state index is 9.19. The van der Waals surface area contributed by atoms with Gasteiger partial charge in [0.05, 0.1) is 0 Å². The monoisotopic (exact) mass is 267 g/mol. The predicted octanol–water partition coefficient (Wildman–Crippen LogP) is 3.18. The fourth-order valence-corrected chi connectivity index (χ4v) is 3.40. The smallest absolute Gasteiger partial charge is 0.0459 e. The fraction of sp³-hybridized carbons (Fsp3) is 0.600. The Balaban J connectivity index is 2.08. The minimum Gasteiger partial charge on any atom is -0.396 e. The number of aliphatic hydroxyl groups excluding tert-OH is 1. The maximum Gasteiger partial charge on any atom is 0.0459 e. The van der Waals surface area contributed by atoms with Gasteiger partial charge >= 0.3 is 0 Å². The van der Waals surface area contributed by atoms with Crippen LogP contribution in [0.25, 0.3) is 0 Å². The van der Waals surface area contributed by atoms with Crippen LogP contribution in [0.3, 0.4) is 0 Å². The van der Waals surface area contributed by atoms with Gasteiger partial charge in [-0.2, -0.15) is 0 Å². The van der Waals surface area contributed by atoms with Crippen LogP contribution in [0.2, 0.25) is 5.02 Å². The first-order valence-electron chi connectivity index (χ1n) is 6.81. The molecule has 0 aromatic heterocycles. The van der Waals surface area contributed by atoms with Gasteiger partial charge in [0, 0.05) is 17.5 Å². The van der Waals surface area contributed by atoms with Gasteiger partial charge in [0.2, 0.25) is 0 Å². The molecular formula is C15H22ClNO. The Kier molecular flexibility index (Phi) is 5.04. The highest BCUT2D eigenvalue weighted by atomic mass is 35.5. The van der Waals surface area contributed by atoms with Gasteiger partial charge in [-0.15, -0.1) is 0 Å². The first kappa shape index (κ1) is 13.9. The first-order valence-corrected chi connectivity index (χ1v) is 7.19. The van der Waals surface area contributed by atoms with E-state index in [1.165, 1.54) is 5.56 Å². The highest BCUT2D eigenvalue weighted by Crippen LogP contribution is 2.39. The normalized spacial score (nSPS) is 25.9. The standard InChI is InChI=1S/C15H22ClNO/c16-15-4-2-1-3-13(15)14(9-17)12-7-5-11(10-18)6-8-12/h1-4,11-12,14,18H,5-10,17H2. The second kappa shape index (κ2) is 6.55. The second-order valence-corrected chi connectivity index (χ2v) is 5.73. The summed E-state index contributed by atoms with van der Waals surface area (Å²) in [5.41, 5.74) is 7.15. The number of rotatable bonds is 4. The lowest BCUT2D eigenvalue weighted by molar-refractivity contribution is 0.158. The van der Waals surface area contributed by atoms with Crippen LogP contribution >= 0.6 is 11.6 Å². The fourth-order valence-electron chi connectivity index (χ4n) is 3.12. The van der Waals surface area contributed by atoms with Gasteiger partial charge in [0.15, 0.2) is 0 Å². The Morgan fingerprint density at radius 1 is 1.22 bits per heavy atom. The minimum atomic E-state index is 0.326. The number of aliphatic hydroxyl groups is 1. The summed E-state index contributed by atoms with van der Waals surface area (Å²) in [6, 6.07) is 8.03. The SMILES string of the molecule is NCC(c1ccccc1Cl)C1CCC(CO)CC1. The van der Waals surface area contributed by atoms with Crippen LogP contribution < -0.4 is 5.73 Å². The summed E-state index contributed by atoms with van der Waals surface area (Å²) in [6.07, 6.45) is 4.53. The lowest BCUT2D eigenvalue weighted by atomic mass is 9.73. The molecule has 1 saturated carbocycles. The van der Waals surface area contributed by atoms with Gasteiger partial charge < -0.3 is 10.8 Å². The predicted molar refractivity (Wildman–Crippen MR) is 75.8 cm³/mol. The molecule has 1 aromatic carbocycles. The lowest BCUT2D eigenvalue weighted by Crippen LogP contribution is -2.27. The third-order valence-electron chi connectivity index (χ3n) is 4.28. The van der Waals surface area contributed by atoms with Crippen molar-refractivity contribution in [2.24, 2.45) is 17.6 Å². The van der Waals surface area contributed by atoms with E-state index in [-0.39, 0.29) is 0 Å². The van der Waals surface area contributed by atoms with E-state index in [0.717, 1.165) is 30.7 Å². The second-order valence-electron chi connectivity index (χ2n) is 5.33. The van der Waals surface area contributed by atoms with E-state index in [9.17, 15) is 5.11 Å². The summed E-state index contributed by atoms with van der Waals surface area (Å²) in [6.45, 7) is 0.976. The van der Waals surface area contributed by atoms with Crippen molar-refractivity contribution < 1.29 is 5.11 Å². The highest BCUT2D eigenvalue weighted by molar-refractivity contribution is 6.31. The average molecular weight is 268 g/mol. The Labute approximate surface area is 114 Å². The van der Waals surface area contributed by atoms with Crippen LogP contribution in [-0.2, 0) is 0 Å². The van der Waals surface area contributed by atoms with Crippen molar-refractivity contribution in [1.82, 2.24) is 0 Å². The molecule has 1 aromatic rings. The number of benzene rings is 1. The van der Waals surface area contributed by atoms with E-state index in [4.69, 9.17) is 17.3 Å². The van der Waals surface area contributed by atoms with E-state index in [1.807, 2.05) is 18.2 Å². The zero-order valence-corrected chi connectivity index (χ0v) is 11.4. The van der Waals surface area contributed by atoms with Crippen molar-refractivity contribution in [3.05, 3.63) is 34.9 Å². The van der Waals surface area contributed by atoms with Crippen LogP contribution in [-0.4, -0.2) is 18.3 Å². The third-order valence-corrected chi connectivity index (χ3v) is 4.62. The highest BCUT2D eigenvalue weighted by Gasteiger charge is 2.28. The van der Waals surface area contributed by atoms with E-state index in [1.54, 1.807) is 0 Å². The maximum atomic E-state index is 9.19. The molecule has 100 valence electrons. The van der Waals surface area contributed by atoms with Crippen molar-refractivity contribution in [2.45, 2.75) is 31.6 Å². The van der Waals surface area contributed by atoms with Crippen LogP contribution in [0, 0.1) is 11.8 Å². The molecule has 1 atom stereocenters. The molecule has 18 heavy (non-hydrogen) atoms. The molecule has 0 radical (unpaired) electrons. The number of nitrogens with two attached hydrogens (primary N) is 1. The molecule has 0 saturated heterocycles. The van der Waals surface area contributed by atoms with Crippen molar-refractivity contribution in [3.63, 3.8) is 0 Å².